The van der Waals surface area contributed by atoms with Crippen LogP contribution >= 0.6 is 11.9 Å². The zero-order chi connectivity index (χ0) is 16.5. The summed E-state index contributed by atoms with van der Waals surface area (Å²) >= 11 is 1.82. The summed E-state index contributed by atoms with van der Waals surface area (Å²) in [5.41, 5.74) is 2.76. The predicted molar refractivity (Wildman–Crippen MR) is 100 cm³/mol. The second-order valence-electron chi connectivity index (χ2n) is 6.05. The van der Waals surface area contributed by atoms with E-state index in [4.69, 9.17) is 9.97 Å². The molecule has 0 atom stereocenters. The molecule has 4 rings (SSSR count). The van der Waals surface area contributed by atoms with E-state index in [1.807, 2.05) is 30.1 Å². The largest absolute Gasteiger partial charge is 0.507 e. The third-order valence-electron chi connectivity index (χ3n) is 4.22. The van der Waals surface area contributed by atoms with Gasteiger partial charge in [0, 0.05) is 17.7 Å². The van der Waals surface area contributed by atoms with Crippen LogP contribution in [-0.4, -0.2) is 27.4 Å². The fourth-order valence-electron chi connectivity index (χ4n) is 2.96. The summed E-state index contributed by atoms with van der Waals surface area (Å²) < 4.78 is 2.27. The summed E-state index contributed by atoms with van der Waals surface area (Å²) in [6.07, 6.45) is 2.42. The maximum Gasteiger partial charge on any atom is 0.165 e. The molecule has 24 heavy (non-hydrogen) atoms. The molecule has 2 aromatic carbocycles. The number of aryl methyl sites for hydroxylation is 1. The minimum Gasteiger partial charge on any atom is -0.507 e. The number of aromatic nitrogens is 2. The number of aromatic hydroxyl groups is 1. The Morgan fingerprint density at radius 3 is 2.75 bits per heavy atom. The van der Waals surface area contributed by atoms with Gasteiger partial charge in [0.25, 0.3) is 0 Å². The van der Waals surface area contributed by atoms with E-state index in [0.29, 0.717) is 11.4 Å². The molecule has 1 aliphatic rings. The lowest BCUT2D eigenvalue weighted by molar-refractivity contribution is 0.477. The molecule has 0 spiro atoms. The van der Waals surface area contributed by atoms with Crippen LogP contribution in [0.15, 0.2) is 42.5 Å². The van der Waals surface area contributed by atoms with Gasteiger partial charge in [-0.3, -0.25) is 4.31 Å². The van der Waals surface area contributed by atoms with Crippen molar-refractivity contribution < 1.29 is 5.11 Å². The van der Waals surface area contributed by atoms with E-state index in [0.717, 1.165) is 29.0 Å². The van der Waals surface area contributed by atoms with Crippen LogP contribution in [0.5, 0.6) is 5.75 Å². The Kier molecular flexibility index (Phi) is 4.02. The molecule has 0 unspecified atom stereocenters. The van der Waals surface area contributed by atoms with Crippen LogP contribution in [0.1, 0.15) is 18.4 Å². The summed E-state index contributed by atoms with van der Waals surface area (Å²) in [6.45, 7) is 3.06. The van der Waals surface area contributed by atoms with Gasteiger partial charge in [-0.05, 0) is 61.5 Å². The zero-order valence-corrected chi connectivity index (χ0v) is 14.4. The zero-order valence-electron chi connectivity index (χ0n) is 13.6. The lowest BCUT2D eigenvalue weighted by Gasteiger charge is -2.27. The second kappa shape index (κ2) is 6.32. The molecule has 1 fully saturated rings. The predicted octanol–water partition coefficient (Wildman–Crippen LogP) is 4.56. The maximum atomic E-state index is 10.2. The number of hydrogen-bond donors (Lipinski definition) is 1. The highest BCUT2D eigenvalue weighted by atomic mass is 32.2. The Balaban J connectivity index is 1.93. The van der Waals surface area contributed by atoms with Crippen molar-refractivity contribution in [3.63, 3.8) is 0 Å². The molecular formula is C19H19N3OS. The molecule has 1 N–H and O–H groups in total. The van der Waals surface area contributed by atoms with Crippen molar-refractivity contribution in [2.24, 2.45) is 0 Å². The van der Waals surface area contributed by atoms with Crippen molar-refractivity contribution in [2.45, 2.75) is 19.8 Å². The van der Waals surface area contributed by atoms with Gasteiger partial charge < -0.3 is 5.11 Å². The van der Waals surface area contributed by atoms with Gasteiger partial charge in [0.05, 0.1) is 11.1 Å². The minimum absolute atomic E-state index is 0.210. The van der Waals surface area contributed by atoms with E-state index in [9.17, 15) is 5.11 Å². The first-order valence-corrected chi connectivity index (χ1v) is 9.14. The summed E-state index contributed by atoms with van der Waals surface area (Å²) in [5, 5.41) is 11.3. The fourth-order valence-corrected chi connectivity index (χ4v) is 4.03. The SMILES string of the molecule is Cc1ccc2c(N3CCCCS3)nc(-c3ccccc3O)nc2c1. The normalized spacial score (nSPS) is 15.0. The fraction of sp³-hybridized carbons (Fsp3) is 0.263. The van der Waals surface area contributed by atoms with E-state index in [1.54, 1.807) is 6.07 Å². The van der Waals surface area contributed by atoms with E-state index in [2.05, 4.69) is 29.4 Å². The van der Waals surface area contributed by atoms with Crippen LogP contribution in [0.4, 0.5) is 5.82 Å². The number of para-hydroxylation sites is 1. The Bertz CT molecular complexity index is 891. The van der Waals surface area contributed by atoms with Gasteiger partial charge in [-0.15, -0.1) is 0 Å². The van der Waals surface area contributed by atoms with Gasteiger partial charge in [-0.25, -0.2) is 9.97 Å². The Hall–Kier alpha value is -2.27. The number of phenolic OH excluding ortho intramolecular Hbond substituents is 1. The lowest BCUT2D eigenvalue weighted by atomic mass is 10.1. The van der Waals surface area contributed by atoms with E-state index >= 15 is 0 Å². The van der Waals surface area contributed by atoms with Gasteiger partial charge in [-0.2, -0.15) is 0 Å². The number of phenols is 1. The number of nitrogens with zero attached hydrogens (tertiary/aromatic N) is 3. The molecule has 0 bridgehead atoms. The van der Waals surface area contributed by atoms with Crippen LogP contribution in [-0.2, 0) is 0 Å². The topological polar surface area (TPSA) is 49.2 Å². The smallest absolute Gasteiger partial charge is 0.165 e. The average Bonchev–Trinajstić information content (AvgIpc) is 2.61. The molecule has 0 radical (unpaired) electrons. The number of fused-ring (bicyclic) bond motifs is 1. The summed E-state index contributed by atoms with van der Waals surface area (Å²) in [4.78, 5) is 9.53. The summed E-state index contributed by atoms with van der Waals surface area (Å²) in [5.74, 6) is 2.85. The first-order valence-electron chi connectivity index (χ1n) is 8.19. The molecule has 1 aromatic heterocycles. The number of benzene rings is 2. The van der Waals surface area contributed by atoms with Crippen LogP contribution in [0, 0.1) is 6.92 Å². The van der Waals surface area contributed by atoms with Crippen molar-refractivity contribution >= 4 is 28.7 Å². The van der Waals surface area contributed by atoms with E-state index in [-0.39, 0.29) is 5.75 Å². The quantitative estimate of drug-likeness (QED) is 0.695. The molecular weight excluding hydrogens is 318 g/mol. The molecule has 1 aliphatic heterocycles. The lowest BCUT2D eigenvalue weighted by Crippen LogP contribution is -2.22. The van der Waals surface area contributed by atoms with Crippen molar-refractivity contribution in [3.05, 3.63) is 48.0 Å². The van der Waals surface area contributed by atoms with Crippen LogP contribution in [0.3, 0.4) is 0 Å². The molecule has 0 saturated carbocycles. The number of hydrogen-bond acceptors (Lipinski definition) is 5. The maximum absolute atomic E-state index is 10.2. The van der Waals surface area contributed by atoms with Crippen molar-refractivity contribution in [2.75, 3.05) is 16.6 Å². The van der Waals surface area contributed by atoms with Crippen molar-refractivity contribution in [1.29, 1.82) is 0 Å². The number of anilines is 1. The Morgan fingerprint density at radius 2 is 1.96 bits per heavy atom. The van der Waals surface area contributed by atoms with Crippen molar-refractivity contribution in [1.82, 2.24) is 9.97 Å². The highest BCUT2D eigenvalue weighted by molar-refractivity contribution is 8.00. The third-order valence-corrected chi connectivity index (χ3v) is 5.35. The van der Waals surface area contributed by atoms with Gasteiger partial charge in [0.1, 0.15) is 5.75 Å². The monoisotopic (exact) mass is 337 g/mol. The first-order chi connectivity index (χ1) is 11.7. The van der Waals surface area contributed by atoms with Crippen LogP contribution in [0.2, 0.25) is 0 Å². The molecule has 122 valence electrons. The van der Waals surface area contributed by atoms with Gasteiger partial charge in [-0.1, -0.05) is 18.2 Å². The molecule has 0 amide bonds. The van der Waals surface area contributed by atoms with E-state index < -0.39 is 0 Å². The van der Waals surface area contributed by atoms with Gasteiger partial charge in [0.2, 0.25) is 0 Å². The van der Waals surface area contributed by atoms with E-state index in [1.165, 1.54) is 18.4 Å². The molecule has 3 aromatic rings. The molecule has 2 heterocycles. The first kappa shape index (κ1) is 15.3. The molecule has 1 saturated heterocycles. The second-order valence-corrected chi connectivity index (χ2v) is 7.16. The highest BCUT2D eigenvalue weighted by Crippen LogP contribution is 2.35. The molecule has 0 aliphatic carbocycles. The van der Waals surface area contributed by atoms with Crippen LogP contribution in [0.25, 0.3) is 22.3 Å². The summed E-state index contributed by atoms with van der Waals surface area (Å²) in [6, 6.07) is 13.5. The van der Waals surface area contributed by atoms with Gasteiger partial charge >= 0.3 is 0 Å². The van der Waals surface area contributed by atoms with Crippen molar-refractivity contribution in [3.8, 4) is 17.1 Å². The van der Waals surface area contributed by atoms with Crippen LogP contribution < -0.4 is 4.31 Å². The molecule has 5 heteroatoms. The highest BCUT2D eigenvalue weighted by Gasteiger charge is 2.19. The summed E-state index contributed by atoms with van der Waals surface area (Å²) in [7, 11) is 0. The minimum atomic E-state index is 0.210. The Labute approximate surface area is 145 Å². The van der Waals surface area contributed by atoms with Gasteiger partial charge in [0.15, 0.2) is 11.6 Å². The standard InChI is InChI=1S/C19H19N3OS/c1-13-8-9-14-16(12-13)20-18(15-6-2-3-7-17(15)23)21-19(14)22-10-4-5-11-24-22/h2-3,6-9,12,23H,4-5,10-11H2,1H3. The molecule has 4 nitrogen and oxygen atoms in total. The number of rotatable bonds is 2. The third kappa shape index (κ3) is 2.80. The Morgan fingerprint density at radius 1 is 1.08 bits per heavy atom. The average molecular weight is 337 g/mol.